The lowest BCUT2D eigenvalue weighted by Crippen LogP contribution is -2.31. The number of methoxy groups -OCH3 is 2. The Bertz CT molecular complexity index is 350. The Morgan fingerprint density at radius 3 is 2.06 bits per heavy atom. The number of nitrogens with zero attached hydrogens (tertiary/aromatic N) is 3. The molecule has 0 amide bonds. The van der Waals surface area contributed by atoms with Gasteiger partial charge < -0.3 is 20.5 Å². The van der Waals surface area contributed by atoms with E-state index in [1.54, 1.807) is 0 Å². The van der Waals surface area contributed by atoms with Gasteiger partial charge in [0, 0.05) is 12.6 Å². The van der Waals surface area contributed by atoms with Gasteiger partial charge in [0.25, 0.3) is 0 Å². The summed E-state index contributed by atoms with van der Waals surface area (Å²) in [7, 11) is 2.99. The molecular formula is C11H21N5O2. The average molecular weight is 255 g/mol. The first-order chi connectivity index (χ1) is 8.58. The molecule has 0 bridgehead atoms. The molecule has 1 heterocycles. The normalized spacial score (nSPS) is 12.3. The molecule has 1 aromatic rings. The Morgan fingerprint density at radius 2 is 1.67 bits per heavy atom. The number of nitrogens with one attached hydrogen (secondary N) is 1. The van der Waals surface area contributed by atoms with Gasteiger partial charge in [-0.3, -0.25) is 0 Å². The summed E-state index contributed by atoms with van der Waals surface area (Å²) in [6, 6.07) is 0.538. The molecule has 0 aliphatic heterocycles. The van der Waals surface area contributed by atoms with Crippen molar-refractivity contribution in [1.82, 2.24) is 15.0 Å². The summed E-state index contributed by atoms with van der Waals surface area (Å²) in [6.07, 6.45) is 0.937. The van der Waals surface area contributed by atoms with Crippen LogP contribution in [0.5, 0.6) is 12.0 Å². The molecule has 1 unspecified atom stereocenters. The van der Waals surface area contributed by atoms with Gasteiger partial charge in [-0.05, 0) is 12.3 Å². The maximum Gasteiger partial charge on any atom is 0.324 e. The SMILES string of the molecule is COc1nc(NC(CN)CC(C)C)nc(OC)n1. The molecule has 7 nitrogen and oxygen atoms in total. The van der Waals surface area contributed by atoms with Crippen LogP contribution in [0.15, 0.2) is 0 Å². The minimum Gasteiger partial charge on any atom is -0.467 e. The maximum absolute atomic E-state index is 5.71. The van der Waals surface area contributed by atoms with E-state index in [-0.39, 0.29) is 18.1 Å². The Kier molecular flexibility index (Phi) is 5.57. The molecule has 1 atom stereocenters. The largest absolute Gasteiger partial charge is 0.467 e. The lowest BCUT2D eigenvalue weighted by Gasteiger charge is -2.18. The first kappa shape index (κ1) is 14.4. The molecule has 0 saturated heterocycles. The van der Waals surface area contributed by atoms with Gasteiger partial charge in [0.05, 0.1) is 14.2 Å². The van der Waals surface area contributed by atoms with E-state index in [0.717, 1.165) is 6.42 Å². The Hall–Kier alpha value is -1.63. The highest BCUT2D eigenvalue weighted by Crippen LogP contribution is 2.14. The summed E-state index contributed by atoms with van der Waals surface area (Å²) in [5.41, 5.74) is 5.71. The van der Waals surface area contributed by atoms with Crippen LogP contribution >= 0.6 is 0 Å². The molecule has 102 valence electrons. The first-order valence-corrected chi connectivity index (χ1v) is 5.89. The van der Waals surface area contributed by atoms with E-state index in [4.69, 9.17) is 15.2 Å². The number of aromatic nitrogens is 3. The number of nitrogens with two attached hydrogens (primary N) is 1. The van der Waals surface area contributed by atoms with Crippen LogP contribution in [0.1, 0.15) is 20.3 Å². The fourth-order valence-corrected chi connectivity index (χ4v) is 1.55. The molecule has 0 aliphatic rings. The summed E-state index contributed by atoms with van der Waals surface area (Å²) >= 11 is 0. The highest BCUT2D eigenvalue weighted by atomic mass is 16.5. The lowest BCUT2D eigenvalue weighted by molar-refractivity contribution is 0.340. The predicted molar refractivity (Wildman–Crippen MR) is 68.9 cm³/mol. The molecule has 0 fully saturated rings. The fraction of sp³-hybridized carbons (Fsp3) is 0.727. The third-order valence-electron chi connectivity index (χ3n) is 2.33. The standard InChI is InChI=1S/C11H21N5O2/c1-7(2)5-8(6-12)13-9-14-10(17-3)16-11(15-9)18-4/h7-8H,5-6,12H2,1-4H3,(H,13,14,15,16). The van der Waals surface area contributed by atoms with Crippen LogP contribution in [0.3, 0.4) is 0 Å². The van der Waals surface area contributed by atoms with E-state index in [9.17, 15) is 0 Å². The van der Waals surface area contributed by atoms with Gasteiger partial charge in [0.1, 0.15) is 0 Å². The monoisotopic (exact) mass is 255 g/mol. The van der Waals surface area contributed by atoms with Crippen LogP contribution in [0.4, 0.5) is 5.95 Å². The summed E-state index contributed by atoms with van der Waals surface area (Å²) in [4.78, 5) is 12.1. The van der Waals surface area contributed by atoms with Crippen molar-refractivity contribution in [2.75, 3.05) is 26.1 Å². The number of hydrogen-bond donors (Lipinski definition) is 2. The van der Waals surface area contributed by atoms with Crippen molar-refractivity contribution in [2.24, 2.45) is 11.7 Å². The number of hydrogen-bond acceptors (Lipinski definition) is 7. The van der Waals surface area contributed by atoms with Gasteiger partial charge >= 0.3 is 12.0 Å². The van der Waals surface area contributed by atoms with Gasteiger partial charge in [-0.15, -0.1) is 4.98 Å². The first-order valence-electron chi connectivity index (χ1n) is 5.89. The Labute approximate surface area is 107 Å². The molecule has 3 N–H and O–H groups in total. The van der Waals surface area contributed by atoms with Gasteiger partial charge in [-0.2, -0.15) is 9.97 Å². The van der Waals surface area contributed by atoms with Gasteiger partial charge in [-0.25, -0.2) is 0 Å². The van der Waals surface area contributed by atoms with Crippen molar-refractivity contribution in [1.29, 1.82) is 0 Å². The molecule has 0 aliphatic carbocycles. The van der Waals surface area contributed by atoms with Crippen LogP contribution in [-0.2, 0) is 0 Å². The van der Waals surface area contributed by atoms with E-state index in [0.29, 0.717) is 18.4 Å². The highest BCUT2D eigenvalue weighted by Gasteiger charge is 2.13. The second-order valence-corrected chi connectivity index (χ2v) is 4.34. The molecule has 0 aromatic carbocycles. The molecule has 1 rings (SSSR count). The number of anilines is 1. The highest BCUT2D eigenvalue weighted by molar-refractivity contribution is 5.29. The topological polar surface area (TPSA) is 95.2 Å². The fourth-order valence-electron chi connectivity index (χ4n) is 1.55. The van der Waals surface area contributed by atoms with E-state index in [2.05, 4.69) is 34.1 Å². The summed E-state index contributed by atoms with van der Waals surface area (Å²) in [5.74, 6) is 0.950. The lowest BCUT2D eigenvalue weighted by atomic mass is 10.0. The summed E-state index contributed by atoms with van der Waals surface area (Å²) in [6.45, 7) is 4.78. The van der Waals surface area contributed by atoms with Crippen molar-refractivity contribution in [2.45, 2.75) is 26.3 Å². The second kappa shape index (κ2) is 6.95. The summed E-state index contributed by atoms with van der Waals surface area (Å²) in [5, 5.41) is 3.16. The zero-order chi connectivity index (χ0) is 13.5. The van der Waals surface area contributed by atoms with Crippen LogP contribution in [0.25, 0.3) is 0 Å². The average Bonchev–Trinajstić information content (AvgIpc) is 2.36. The summed E-state index contributed by atoms with van der Waals surface area (Å²) < 4.78 is 9.96. The quantitative estimate of drug-likeness (QED) is 0.739. The van der Waals surface area contributed by atoms with Gasteiger partial charge in [0.2, 0.25) is 5.95 Å². The zero-order valence-corrected chi connectivity index (χ0v) is 11.3. The molecule has 7 heteroatoms. The van der Waals surface area contributed by atoms with Crippen molar-refractivity contribution < 1.29 is 9.47 Å². The van der Waals surface area contributed by atoms with Crippen molar-refractivity contribution in [3.8, 4) is 12.0 Å². The Balaban J connectivity index is 2.81. The van der Waals surface area contributed by atoms with E-state index in [1.807, 2.05) is 0 Å². The van der Waals surface area contributed by atoms with Gasteiger partial charge in [-0.1, -0.05) is 13.8 Å². The molecule has 18 heavy (non-hydrogen) atoms. The van der Waals surface area contributed by atoms with Crippen molar-refractivity contribution in [3.63, 3.8) is 0 Å². The minimum absolute atomic E-state index is 0.113. The second-order valence-electron chi connectivity index (χ2n) is 4.34. The van der Waals surface area contributed by atoms with E-state index >= 15 is 0 Å². The van der Waals surface area contributed by atoms with E-state index in [1.165, 1.54) is 14.2 Å². The van der Waals surface area contributed by atoms with Crippen LogP contribution in [0.2, 0.25) is 0 Å². The smallest absolute Gasteiger partial charge is 0.324 e. The Morgan fingerprint density at radius 1 is 1.11 bits per heavy atom. The van der Waals surface area contributed by atoms with Crippen LogP contribution in [-0.4, -0.2) is 41.8 Å². The molecule has 0 spiro atoms. The number of rotatable bonds is 7. The molecule has 0 saturated carbocycles. The van der Waals surface area contributed by atoms with Crippen LogP contribution < -0.4 is 20.5 Å². The minimum atomic E-state index is 0.113. The van der Waals surface area contributed by atoms with E-state index < -0.39 is 0 Å². The molecular weight excluding hydrogens is 234 g/mol. The van der Waals surface area contributed by atoms with Crippen LogP contribution in [0, 0.1) is 5.92 Å². The molecule has 0 radical (unpaired) electrons. The number of ether oxygens (including phenoxy) is 2. The third-order valence-corrected chi connectivity index (χ3v) is 2.33. The van der Waals surface area contributed by atoms with Crippen molar-refractivity contribution in [3.05, 3.63) is 0 Å². The zero-order valence-electron chi connectivity index (χ0n) is 11.3. The third kappa shape index (κ3) is 4.33. The molecule has 1 aromatic heterocycles. The van der Waals surface area contributed by atoms with Gasteiger partial charge in [0.15, 0.2) is 0 Å². The maximum atomic E-state index is 5.71. The predicted octanol–water partition coefficient (Wildman–Crippen LogP) is 0.674. The van der Waals surface area contributed by atoms with Crippen molar-refractivity contribution >= 4 is 5.95 Å².